The van der Waals surface area contributed by atoms with Gasteiger partial charge in [0.25, 0.3) is 0 Å². The zero-order chi connectivity index (χ0) is 12.9. The van der Waals surface area contributed by atoms with E-state index in [0.717, 1.165) is 17.8 Å². The zero-order valence-electron chi connectivity index (χ0n) is 10.8. The lowest BCUT2D eigenvalue weighted by Gasteiger charge is -2.19. The summed E-state index contributed by atoms with van der Waals surface area (Å²) < 4.78 is 0. The van der Waals surface area contributed by atoms with Crippen LogP contribution in [0.2, 0.25) is 0 Å². The van der Waals surface area contributed by atoms with Crippen LogP contribution >= 0.6 is 0 Å². The Hall–Kier alpha value is -1.51. The fraction of sp³-hybridized carbons (Fsp3) is 0.500. The molecule has 0 aliphatic heterocycles. The molecule has 1 aromatic rings. The smallest absolute Gasteiger partial charge is 0.303 e. The van der Waals surface area contributed by atoms with Crippen molar-refractivity contribution in [1.82, 2.24) is 0 Å². The second kappa shape index (κ2) is 5.71. The Balaban J connectivity index is 2.56. The molecule has 0 aromatic heterocycles. The van der Waals surface area contributed by atoms with Crippen molar-refractivity contribution >= 4 is 11.7 Å². The van der Waals surface area contributed by atoms with Gasteiger partial charge in [-0.1, -0.05) is 32.9 Å². The van der Waals surface area contributed by atoms with Gasteiger partial charge in [-0.3, -0.25) is 4.79 Å². The van der Waals surface area contributed by atoms with Gasteiger partial charge in [0.1, 0.15) is 0 Å². The molecular weight excluding hydrogens is 214 g/mol. The van der Waals surface area contributed by atoms with Crippen molar-refractivity contribution in [3.8, 4) is 0 Å². The minimum atomic E-state index is -0.752. The Morgan fingerprint density at radius 3 is 2.65 bits per heavy atom. The average molecular weight is 235 g/mol. The fourth-order valence-electron chi connectivity index (χ4n) is 1.46. The monoisotopic (exact) mass is 235 g/mol. The van der Waals surface area contributed by atoms with Crippen molar-refractivity contribution in [1.29, 1.82) is 0 Å². The van der Waals surface area contributed by atoms with E-state index in [1.165, 1.54) is 0 Å². The number of hydrogen-bond acceptors (Lipinski definition) is 2. The van der Waals surface area contributed by atoms with Crippen LogP contribution in [0.15, 0.2) is 24.3 Å². The Labute approximate surface area is 103 Å². The SMILES string of the molecule is CC(C)(C)CNc1cccc(CCC(=O)O)c1. The number of carbonyl (C=O) groups is 1. The van der Waals surface area contributed by atoms with Gasteiger partial charge >= 0.3 is 5.97 Å². The molecule has 0 amide bonds. The number of aryl methyl sites for hydroxylation is 1. The summed E-state index contributed by atoms with van der Waals surface area (Å²) in [6.07, 6.45) is 0.767. The molecule has 0 unspecified atom stereocenters. The average Bonchev–Trinajstić information content (AvgIpc) is 2.23. The predicted molar refractivity (Wildman–Crippen MR) is 70.3 cm³/mol. The summed E-state index contributed by atoms with van der Waals surface area (Å²) in [5.74, 6) is -0.752. The van der Waals surface area contributed by atoms with Crippen LogP contribution in [-0.2, 0) is 11.2 Å². The first-order chi connectivity index (χ1) is 7.87. The molecule has 0 fully saturated rings. The summed E-state index contributed by atoms with van der Waals surface area (Å²) in [6.45, 7) is 7.42. The molecule has 0 bridgehead atoms. The molecule has 0 saturated carbocycles. The van der Waals surface area contributed by atoms with E-state index in [1.54, 1.807) is 0 Å². The van der Waals surface area contributed by atoms with Crippen LogP contribution in [0.5, 0.6) is 0 Å². The van der Waals surface area contributed by atoms with Crippen molar-refractivity contribution in [2.24, 2.45) is 5.41 Å². The minimum Gasteiger partial charge on any atom is -0.481 e. The lowest BCUT2D eigenvalue weighted by atomic mass is 9.97. The zero-order valence-corrected chi connectivity index (χ0v) is 10.8. The highest BCUT2D eigenvalue weighted by Gasteiger charge is 2.09. The van der Waals surface area contributed by atoms with E-state index >= 15 is 0 Å². The third kappa shape index (κ3) is 5.95. The molecule has 17 heavy (non-hydrogen) atoms. The number of benzene rings is 1. The van der Waals surface area contributed by atoms with Crippen LogP contribution in [0.4, 0.5) is 5.69 Å². The Morgan fingerprint density at radius 1 is 1.35 bits per heavy atom. The van der Waals surface area contributed by atoms with Crippen LogP contribution in [0.3, 0.4) is 0 Å². The van der Waals surface area contributed by atoms with Crippen LogP contribution in [-0.4, -0.2) is 17.6 Å². The van der Waals surface area contributed by atoms with Crippen molar-refractivity contribution < 1.29 is 9.90 Å². The van der Waals surface area contributed by atoms with Crippen molar-refractivity contribution in [3.63, 3.8) is 0 Å². The second-order valence-electron chi connectivity index (χ2n) is 5.51. The topological polar surface area (TPSA) is 49.3 Å². The molecular formula is C14H21NO2. The molecule has 0 aliphatic rings. The molecule has 0 heterocycles. The molecule has 0 atom stereocenters. The largest absolute Gasteiger partial charge is 0.481 e. The van der Waals surface area contributed by atoms with Crippen LogP contribution < -0.4 is 5.32 Å². The summed E-state index contributed by atoms with van der Waals surface area (Å²) in [7, 11) is 0. The highest BCUT2D eigenvalue weighted by atomic mass is 16.4. The number of rotatable bonds is 5. The van der Waals surface area contributed by atoms with Gasteiger partial charge in [-0.15, -0.1) is 0 Å². The van der Waals surface area contributed by atoms with E-state index in [9.17, 15) is 4.79 Å². The number of anilines is 1. The molecule has 94 valence electrons. The first-order valence-corrected chi connectivity index (χ1v) is 5.91. The first kappa shape index (κ1) is 13.6. The van der Waals surface area contributed by atoms with E-state index in [0.29, 0.717) is 6.42 Å². The Morgan fingerprint density at radius 2 is 2.06 bits per heavy atom. The van der Waals surface area contributed by atoms with Crippen LogP contribution in [0.1, 0.15) is 32.8 Å². The fourth-order valence-corrected chi connectivity index (χ4v) is 1.46. The standard InChI is InChI=1S/C14H21NO2/c1-14(2,3)10-15-12-6-4-5-11(9-12)7-8-13(16)17/h4-6,9,15H,7-8,10H2,1-3H3,(H,16,17). The predicted octanol–water partition coefficient (Wildman–Crippen LogP) is 3.16. The van der Waals surface area contributed by atoms with Gasteiger partial charge in [0.15, 0.2) is 0 Å². The van der Waals surface area contributed by atoms with Gasteiger partial charge in [0, 0.05) is 18.7 Å². The third-order valence-corrected chi connectivity index (χ3v) is 2.38. The van der Waals surface area contributed by atoms with Gasteiger partial charge in [-0.2, -0.15) is 0 Å². The van der Waals surface area contributed by atoms with E-state index in [4.69, 9.17) is 5.11 Å². The Kier molecular flexibility index (Phi) is 4.55. The maximum Gasteiger partial charge on any atom is 0.303 e. The van der Waals surface area contributed by atoms with E-state index in [-0.39, 0.29) is 11.8 Å². The summed E-state index contributed by atoms with van der Waals surface area (Å²) >= 11 is 0. The lowest BCUT2D eigenvalue weighted by molar-refractivity contribution is -0.136. The first-order valence-electron chi connectivity index (χ1n) is 5.91. The number of nitrogens with one attached hydrogen (secondary N) is 1. The highest BCUT2D eigenvalue weighted by molar-refractivity contribution is 5.67. The third-order valence-electron chi connectivity index (χ3n) is 2.38. The van der Waals surface area contributed by atoms with Crippen molar-refractivity contribution in [3.05, 3.63) is 29.8 Å². The van der Waals surface area contributed by atoms with Gasteiger partial charge in [0.2, 0.25) is 0 Å². The molecule has 0 spiro atoms. The highest BCUT2D eigenvalue weighted by Crippen LogP contribution is 2.17. The molecule has 1 rings (SSSR count). The molecule has 3 heteroatoms. The van der Waals surface area contributed by atoms with Crippen LogP contribution in [0.25, 0.3) is 0 Å². The van der Waals surface area contributed by atoms with Crippen molar-refractivity contribution in [2.75, 3.05) is 11.9 Å². The molecule has 0 aliphatic carbocycles. The number of carboxylic acids is 1. The van der Waals surface area contributed by atoms with E-state index in [1.807, 2.05) is 24.3 Å². The summed E-state index contributed by atoms with van der Waals surface area (Å²) in [6, 6.07) is 7.96. The second-order valence-corrected chi connectivity index (χ2v) is 5.51. The maximum atomic E-state index is 10.5. The minimum absolute atomic E-state index is 0.183. The normalized spacial score (nSPS) is 11.2. The van der Waals surface area contributed by atoms with Gasteiger partial charge in [0.05, 0.1) is 0 Å². The summed E-state index contributed by atoms with van der Waals surface area (Å²) in [5, 5.41) is 12.0. The number of hydrogen-bond donors (Lipinski definition) is 2. The van der Waals surface area contributed by atoms with Crippen LogP contribution in [0, 0.1) is 5.41 Å². The molecule has 2 N–H and O–H groups in total. The Bertz CT molecular complexity index is 380. The van der Waals surface area contributed by atoms with E-state index < -0.39 is 5.97 Å². The maximum absolute atomic E-state index is 10.5. The van der Waals surface area contributed by atoms with E-state index in [2.05, 4.69) is 26.1 Å². The van der Waals surface area contributed by atoms with Gasteiger partial charge < -0.3 is 10.4 Å². The molecule has 0 radical (unpaired) electrons. The summed E-state index contributed by atoms with van der Waals surface area (Å²) in [4.78, 5) is 10.5. The van der Waals surface area contributed by atoms with Gasteiger partial charge in [-0.05, 0) is 29.5 Å². The quantitative estimate of drug-likeness (QED) is 0.824. The number of carboxylic acid groups (broad SMARTS) is 1. The molecule has 1 aromatic carbocycles. The van der Waals surface area contributed by atoms with Gasteiger partial charge in [-0.25, -0.2) is 0 Å². The summed E-state index contributed by atoms with van der Waals surface area (Å²) in [5.41, 5.74) is 2.35. The lowest BCUT2D eigenvalue weighted by Crippen LogP contribution is -2.19. The van der Waals surface area contributed by atoms with Crippen molar-refractivity contribution in [2.45, 2.75) is 33.6 Å². The molecule has 3 nitrogen and oxygen atoms in total. The number of aliphatic carboxylic acids is 1. The molecule has 0 saturated heterocycles.